The van der Waals surface area contributed by atoms with Crippen molar-refractivity contribution in [1.29, 1.82) is 0 Å². The lowest BCUT2D eigenvalue weighted by Gasteiger charge is -2.24. The molecule has 2 heterocycles. The van der Waals surface area contributed by atoms with Gasteiger partial charge in [-0.3, -0.25) is 14.2 Å². The summed E-state index contributed by atoms with van der Waals surface area (Å²) < 4.78 is 1.53. The Hall–Kier alpha value is -2.21. The van der Waals surface area contributed by atoms with Crippen molar-refractivity contribution in [3.8, 4) is 0 Å². The van der Waals surface area contributed by atoms with Crippen LogP contribution in [0.4, 0.5) is 0 Å². The molecule has 1 saturated heterocycles. The van der Waals surface area contributed by atoms with Gasteiger partial charge in [-0.1, -0.05) is 12.1 Å². The summed E-state index contributed by atoms with van der Waals surface area (Å²) in [6.07, 6.45) is 3.97. The number of nitrogens with one attached hydrogen (secondary N) is 1. The largest absolute Gasteiger partial charge is 0.338 e. The van der Waals surface area contributed by atoms with Crippen molar-refractivity contribution in [2.75, 3.05) is 20.1 Å². The molecule has 0 saturated carbocycles. The molecule has 1 unspecified atom stereocenters. The zero-order chi connectivity index (χ0) is 16.2. The molecular weight excluding hydrogens is 292 g/mol. The van der Waals surface area contributed by atoms with Gasteiger partial charge in [0.25, 0.3) is 5.56 Å². The van der Waals surface area contributed by atoms with E-state index in [0.717, 1.165) is 25.9 Å². The highest BCUT2D eigenvalue weighted by Gasteiger charge is 2.27. The number of aryl methyl sites for hydroxylation is 1. The Morgan fingerprint density at radius 1 is 1.39 bits per heavy atom. The fourth-order valence-corrected chi connectivity index (χ4v) is 3.24. The zero-order valence-electron chi connectivity index (χ0n) is 13.4. The Balaban J connectivity index is 1.70. The molecule has 122 valence electrons. The maximum atomic E-state index is 12.4. The molecule has 1 aliphatic rings. The summed E-state index contributed by atoms with van der Waals surface area (Å²) in [4.78, 5) is 31.1. The van der Waals surface area contributed by atoms with Crippen molar-refractivity contribution in [2.24, 2.45) is 0 Å². The number of hydrogen-bond acceptors (Lipinski definition) is 4. The van der Waals surface area contributed by atoms with E-state index in [2.05, 4.69) is 10.3 Å². The molecule has 23 heavy (non-hydrogen) atoms. The predicted octanol–water partition coefficient (Wildman–Crippen LogP) is 0.997. The number of amides is 1. The van der Waals surface area contributed by atoms with Crippen molar-refractivity contribution >= 4 is 16.8 Å². The molecule has 0 radical (unpaired) electrons. The van der Waals surface area contributed by atoms with Gasteiger partial charge in [-0.25, -0.2) is 4.98 Å². The number of para-hydroxylation sites is 1. The minimum Gasteiger partial charge on any atom is -0.338 e. The van der Waals surface area contributed by atoms with Crippen molar-refractivity contribution in [2.45, 2.75) is 31.8 Å². The summed E-state index contributed by atoms with van der Waals surface area (Å²) in [7, 11) is 1.90. The SMILES string of the molecule is CNCC1CCCN1C(=O)CCn1cnc2ccccc2c1=O. The van der Waals surface area contributed by atoms with Crippen molar-refractivity contribution < 1.29 is 4.79 Å². The quantitative estimate of drug-likeness (QED) is 0.894. The van der Waals surface area contributed by atoms with E-state index in [1.54, 1.807) is 6.07 Å². The van der Waals surface area contributed by atoms with Gasteiger partial charge in [0.2, 0.25) is 5.91 Å². The van der Waals surface area contributed by atoms with E-state index in [-0.39, 0.29) is 17.5 Å². The monoisotopic (exact) mass is 314 g/mol. The first-order chi connectivity index (χ1) is 11.2. The topological polar surface area (TPSA) is 67.2 Å². The van der Waals surface area contributed by atoms with Crippen LogP contribution in [0.2, 0.25) is 0 Å². The standard InChI is InChI=1S/C17H22N4O2/c1-18-11-13-5-4-9-21(13)16(22)8-10-20-12-19-15-7-3-2-6-14(15)17(20)23/h2-3,6-7,12-13,18H,4-5,8-11H2,1H3. The highest BCUT2D eigenvalue weighted by molar-refractivity contribution is 5.78. The van der Waals surface area contributed by atoms with E-state index < -0.39 is 0 Å². The number of carbonyl (C=O) groups is 1. The minimum atomic E-state index is -0.0865. The number of aromatic nitrogens is 2. The predicted molar refractivity (Wildman–Crippen MR) is 89.3 cm³/mol. The maximum absolute atomic E-state index is 12.4. The first kappa shape index (κ1) is 15.7. The lowest BCUT2D eigenvalue weighted by molar-refractivity contribution is -0.132. The molecule has 6 heteroatoms. The first-order valence-corrected chi connectivity index (χ1v) is 8.09. The highest BCUT2D eigenvalue weighted by atomic mass is 16.2. The molecule has 1 aromatic heterocycles. The van der Waals surface area contributed by atoms with Crippen LogP contribution in [0, 0.1) is 0 Å². The van der Waals surface area contributed by atoms with Gasteiger partial charge < -0.3 is 10.2 Å². The van der Waals surface area contributed by atoms with Crippen LogP contribution in [0.3, 0.4) is 0 Å². The third-order valence-corrected chi connectivity index (χ3v) is 4.44. The Labute approximate surface area is 135 Å². The average molecular weight is 314 g/mol. The number of hydrogen-bond donors (Lipinski definition) is 1. The molecule has 0 aliphatic carbocycles. The molecule has 1 aromatic carbocycles. The van der Waals surface area contributed by atoms with Gasteiger partial charge in [0, 0.05) is 32.1 Å². The third kappa shape index (κ3) is 3.27. The second-order valence-electron chi connectivity index (χ2n) is 5.95. The van der Waals surface area contributed by atoms with Crippen LogP contribution in [0.1, 0.15) is 19.3 Å². The summed E-state index contributed by atoms with van der Waals surface area (Å²) in [6, 6.07) is 7.55. The van der Waals surface area contributed by atoms with Crippen molar-refractivity contribution in [3.05, 3.63) is 40.9 Å². The summed E-state index contributed by atoms with van der Waals surface area (Å²) in [5.41, 5.74) is 0.602. The maximum Gasteiger partial charge on any atom is 0.261 e. The van der Waals surface area contributed by atoms with Gasteiger partial charge in [-0.15, -0.1) is 0 Å². The van der Waals surface area contributed by atoms with Crippen LogP contribution in [0.15, 0.2) is 35.4 Å². The van der Waals surface area contributed by atoms with Gasteiger partial charge in [0.05, 0.1) is 17.2 Å². The molecule has 2 aromatic rings. The van der Waals surface area contributed by atoms with E-state index in [4.69, 9.17) is 0 Å². The number of likely N-dealkylation sites (tertiary alicyclic amines) is 1. The second kappa shape index (κ2) is 6.91. The van der Waals surface area contributed by atoms with Crippen LogP contribution < -0.4 is 10.9 Å². The van der Waals surface area contributed by atoms with E-state index in [9.17, 15) is 9.59 Å². The van der Waals surface area contributed by atoms with E-state index >= 15 is 0 Å². The number of likely N-dealkylation sites (N-methyl/N-ethyl adjacent to an activating group) is 1. The van der Waals surface area contributed by atoms with Gasteiger partial charge in [0.15, 0.2) is 0 Å². The molecule has 3 rings (SSSR count). The molecule has 1 amide bonds. The van der Waals surface area contributed by atoms with Gasteiger partial charge in [-0.05, 0) is 32.0 Å². The minimum absolute atomic E-state index is 0.0865. The molecule has 1 aliphatic heterocycles. The van der Waals surface area contributed by atoms with Crippen LogP contribution >= 0.6 is 0 Å². The van der Waals surface area contributed by atoms with Gasteiger partial charge in [0.1, 0.15) is 0 Å². The summed E-state index contributed by atoms with van der Waals surface area (Å²) in [5.74, 6) is 0.114. The lowest BCUT2D eigenvalue weighted by atomic mass is 10.2. The van der Waals surface area contributed by atoms with E-state index in [0.29, 0.717) is 23.9 Å². The molecule has 1 fully saturated rings. The van der Waals surface area contributed by atoms with Crippen molar-refractivity contribution in [1.82, 2.24) is 19.8 Å². The second-order valence-corrected chi connectivity index (χ2v) is 5.95. The number of nitrogens with zero attached hydrogens (tertiary/aromatic N) is 3. The number of fused-ring (bicyclic) bond motifs is 1. The van der Waals surface area contributed by atoms with Crippen LogP contribution in [-0.4, -0.2) is 46.5 Å². The number of rotatable bonds is 5. The first-order valence-electron chi connectivity index (χ1n) is 8.09. The van der Waals surface area contributed by atoms with E-state index in [1.165, 1.54) is 10.9 Å². The summed E-state index contributed by atoms with van der Waals surface area (Å²) >= 11 is 0. The van der Waals surface area contributed by atoms with E-state index in [1.807, 2.05) is 30.1 Å². The molecule has 1 N–H and O–H groups in total. The number of benzene rings is 1. The summed E-state index contributed by atoms with van der Waals surface area (Å²) in [5, 5.41) is 3.73. The van der Waals surface area contributed by atoms with Crippen LogP contribution in [-0.2, 0) is 11.3 Å². The van der Waals surface area contributed by atoms with Crippen LogP contribution in [0.25, 0.3) is 10.9 Å². The van der Waals surface area contributed by atoms with Crippen LogP contribution in [0.5, 0.6) is 0 Å². The highest BCUT2D eigenvalue weighted by Crippen LogP contribution is 2.17. The Morgan fingerprint density at radius 2 is 2.22 bits per heavy atom. The summed E-state index contributed by atoms with van der Waals surface area (Å²) in [6.45, 7) is 2.01. The number of carbonyl (C=O) groups excluding carboxylic acids is 1. The molecule has 0 bridgehead atoms. The third-order valence-electron chi connectivity index (χ3n) is 4.44. The fraction of sp³-hybridized carbons (Fsp3) is 0.471. The Morgan fingerprint density at radius 3 is 3.04 bits per heavy atom. The molecule has 6 nitrogen and oxygen atoms in total. The zero-order valence-corrected chi connectivity index (χ0v) is 13.4. The lowest BCUT2D eigenvalue weighted by Crippen LogP contribution is -2.41. The molecule has 1 atom stereocenters. The Bertz CT molecular complexity index is 756. The van der Waals surface area contributed by atoms with Gasteiger partial charge in [-0.2, -0.15) is 0 Å². The normalized spacial score (nSPS) is 17.8. The smallest absolute Gasteiger partial charge is 0.261 e. The molecular formula is C17H22N4O2. The molecule has 0 spiro atoms. The average Bonchev–Trinajstić information content (AvgIpc) is 3.03. The van der Waals surface area contributed by atoms with Crippen molar-refractivity contribution in [3.63, 3.8) is 0 Å². The van der Waals surface area contributed by atoms with Gasteiger partial charge >= 0.3 is 0 Å². The Kier molecular flexibility index (Phi) is 4.71. The fourth-order valence-electron chi connectivity index (χ4n) is 3.24.